The molecule has 0 aromatic carbocycles. The minimum Gasteiger partial charge on any atom is -0.368 e. The lowest BCUT2D eigenvalue weighted by molar-refractivity contribution is -0.119. The molecule has 2 aromatic heterocycles. The van der Waals surface area contributed by atoms with Gasteiger partial charge in [-0.25, -0.2) is 4.98 Å². The van der Waals surface area contributed by atoms with Crippen LogP contribution in [-0.4, -0.2) is 28.5 Å². The molecule has 1 amide bonds. The summed E-state index contributed by atoms with van der Waals surface area (Å²) in [5.74, 6) is 0.655. The van der Waals surface area contributed by atoms with Gasteiger partial charge in [0.1, 0.15) is 16.7 Å². The maximum atomic E-state index is 11.5. The number of fused-ring (bicyclic) bond motifs is 1. The van der Waals surface area contributed by atoms with Gasteiger partial charge in [-0.3, -0.25) is 4.79 Å². The minimum absolute atomic E-state index is 0.236. The summed E-state index contributed by atoms with van der Waals surface area (Å²) in [4.78, 5) is 24.0. The van der Waals surface area contributed by atoms with Crippen molar-refractivity contribution in [2.45, 2.75) is 25.8 Å². The summed E-state index contributed by atoms with van der Waals surface area (Å²) in [6.45, 7) is 2.79. The third-order valence-corrected chi connectivity index (χ3v) is 4.31. The Kier molecular flexibility index (Phi) is 2.78. The Morgan fingerprint density at radius 1 is 1.53 bits per heavy atom. The Balaban J connectivity index is 2.16. The van der Waals surface area contributed by atoms with E-state index in [2.05, 4.69) is 9.97 Å². The van der Waals surface area contributed by atoms with Gasteiger partial charge in [0.05, 0.1) is 5.39 Å². The summed E-state index contributed by atoms with van der Waals surface area (Å²) in [7, 11) is 0. The number of aryl methyl sites for hydroxylation is 1. The molecule has 2 aromatic rings. The Morgan fingerprint density at radius 2 is 2.32 bits per heavy atom. The summed E-state index contributed by atoms with van der Waals surface area (Å²) in [6, 6.07) is 1.74. The highest BCUT2D eigenvalue weighted by Crippen LogP contribution is 2.34. The van der Waals surface area contributed by atoms with Crippen LogP contribution >= 0.6 is 11.3 Å². The normalized spacial score (nSPS) is 19.2. The number of primary amides is 1. The summed E-state index contributed by atoms with van der Waals surface area (Å²) in [5.41, 5.74) is 11.2. The van der Waals surface area contributed by atoms with E-state index in [-0.39, 0.29) is 17.9 Å². The van der Waals surface area contributed by atoms with Gasteiger partial charge in [-0.1, -0.05) is 0 Å². The van der Waals surface area contributed by atoms with E-state index in [0.29, 0.717) is 0 Å². The predicted octanol–water partition coefficient (Wildman–Crippen LogP) is 1.04. The zero-order valence-corrected chi connectivity index (χ0v) is 11.4. The second kappa shape index (κ2) is 4.34. The number of nitrogen functional groups attached to an aromatic ring is 1. The minimum atomic E-state index is -0.310. The molecule has 1 aliphatic heterocycles. The molecule has 7 heteroatoms. The number of nitrogens with zero attached hydrogens (tertiary/aromatic N) is 3. The van der Waals surface area contributed by atoms with Crippen LogP contribution in [0.3, 0.4) is 0 Å². The molecule has 1 unspecified atom stereocenters. The summed E-state index contributed by atoms with van der Waals surface area (Å²) in [5, 5.41) is 0.949. The molecule has 0 bridgehead atoms. The van der Waals surface area contributed by atoms with Gasteiger partial charge >= 0.3 is 0 Å². The van der Waals surface area contributed by atoms with Gasteiger partial charge in [0.15, 0.2) is 0 Å². The van der Waals surface area contributed by atoms with Crippen molar-refractivity contribution in [1.29, 1.82) is 0 Å². The zero-order chi connectivity index (χ0) is 13.6. The molecular formula is C12H15N5OS. The van der Waals surface area contributed by atoms with Gasteiger partial charge in [0.2, 0.25) is 11.9 Å². The third kappa shape index (κ3) is 1.99. The van der Waals surface area contributed by atoms with Crippen LogP contribution in [0.1, 0.15) is 17.7 Å². The standard InChI is InChI=1S/C12H15N5OS/c1-6-5-7-10(15-12(14)16-11(7)19-6)17-4-2-3-8(17)9(13)18/h5,8H,2-4H2,1H3,(H2,13,18)(H2,14,15,16). The number of hydrogen-bond donors (Lipinski definition) is 2. The maximum Gasteiger partial charge on any atom is 0.240 e. The molecular weight excluding hydrogens is 262 g/mol. The molecule has 4 N–H and O–H groups in total. The van der Waals surface area contributed by atoms with Crippen LogP contribution in [0, 0.1) is 6.92 Å². The van der Waals surface area contributed by atoms with E-state index in [4.69, 9.17) is 11.5 Å². The molecule has 0 saturated carbocycles. The second-order valence-corrected chi connectivity index (χ2v) is 5.97. The number of carbonyl (C=O) groups excluding carboxylic acids is 1. The van der Waals surface area contributed by atoms with Crippen molar-refractivity contribution in [3.63, 3.8) is 0 Å². The molecule has 0 aliphatic carbocycles. The number of anilines is 2. The maximum absolute atomic E-state index is 11.5. The smallest absolute Gasteiger partial charge is 0.240 e. The summed E-state index contributed by atoms with van der Waals surface area (Å²) < 4.78 is 0. The van der Waals surface area contributed by atoms with Crippen molar-refractivity contribution in [3.8, 4) is 0 Å². The molecule has 1 aliphatic rings. The Bertz CT molecular complexity index is 653. The van der Waals surface area contributed by atoms with Gasteiger partial charge in [0.25, 0.3) is 0 Å². The van der Waals surface area contributed by atoms with Gasteiger partial charge < -0.3 is 16.4 Å². The lowest BCUT2D eigenvalue weighted by atomic mass is 10.2. The van der Waals surface area contributed by atoms with E-state index in [0.717, 1.165) is 40.3 Å². The summed E-state index contributed by atoms with van der Waals surface area (Å²) >= 11 is 1.57. The average Bonchev–Trinajstić information content (AvgIpc) is 2.92. The van der Waals surface area contributed by atoms with E-state index in [1.165, 1.54) is 0 Å². The van der Waals surface area contributed by atoms with Crippen molar-refractivity contribution in [2.24, 2.45) is 5.73 Å². The van der Waals surface area contributed by atoms with Crippen molar-refractivity contribution in [2.75, 3.05) is 17.2 Å². The highest BCUT2D eigenvalue weighted by atomic mass is 32.1. The van der Waals surface area contributed by atoms with Crippen molar-refractivity contribution < 1.29 is 4.79 Å². The topological polar surface area (TPSA) is 98.1 Å². The number of thiophene rings is 1. The van der Waals surface area contributed by atoms with Gasteiger partial charge in [0, 0.05) is 11.4 Å². The van der Waals surface area contributed by atoms with Crippen molar-refractivity contribution >= 4 is 39.2 Å². The fraction of sp³-hybridized carbons (Fsp3) is 0.417. The zero-order valence-electron chi connectivity index (χ0n) is 10.6. The van der Waals surface area contributed by atoms with Crippen LogP contribution < -0.4 is 16.4 Å². The largest absolute Gasteiger partial charge is 0.368 e. The predicted molar refractivity (Wildman–Crippen MR) is 76.1 cm³/mol. The first kappa shape index (κ1) is 12.2. The Labute approximate surface area is 114 Å². The molecule has 0 radical (unpaired) electrons. The van der Waals surface area contributed by atoms with Gasteiger partial charge in [-0.2, -0.15) is 4.98 Å². The SMILES string of the molecule is Cc1cc2c(N3CCCC3C(N)=O)nc(N)nc2s1. The van der Waals surface area contributed by atoms with Gasteiger partial charge in [-0.05, 0) is 25.8 Å². The van der Waals surface area contributed by atoms with Gasteiger partial charge in [-0.15, -0.1) is 11.3 Å². The molecule has 1 atom stereocenters. The number of amides is 1. The van der Waals surface area contributed by atoms with Crippen molar-refractivity contribution in [1.82, 2.24) is 9.97 Å². The van der Waals surface area contributed by atoms with Crippen LogP contribution in [-0.2, 0) is 4.79 Å². The highest BCUT2D eigenvalue weighted by Gasteiger charge is 2.31. The summed E-state index contributed by atoms with van der Waals surface area (Å²) in [6.07, 6.45) is 1.70. The number of carbonyl (C=O) groups is 1. The third-order valence-electron chi connectivity index (χ3n) is 3.37. The van der Waals surface area contributed by atoms with Crippen LogP contribution in [0.4, 0.5) is 11.8 Å². The molecule has 0 spiro atoms. The van der Waals surface area contributed by atoms with Crippen LogP contribution in [0.5, 0.6) is 0 Å². The second-order valence-electron chi connectivity index (χ2n) is 4.74. The first-order valence-electron chi connectivity index (χ1n) is 6.16. The molecule has 1 saturated heterocycles. The molecule has 19 heavy (non-hydrogen) atoms. The Morgan fingerprint density at radius 3 is 3.05 bits per heavy atom. The fourth-order valence-electron chi connectivity index (χ4n) is 2.58. The monoisotopic (exact) mass is 277 g/mol. The van der Waals surface area contributed by atoms with Crippen LogP contribution in [0.25, 0.3) is 10.2 Å². The van der Waals surface area contributed by atoms with Crippen LogP contribution in [0.15, 0.2) is 6.07 Å². The number of rotatable bonds is 2. The molecule has 3 heterocycles. The quantitative estimate of drug-likeness (QED) is 0.854. The van der Waals surface area contributed by atoms with E-state index in [9.17, 15) is 4.79 Å². The lowest BCUT2D eigenvalue weighted by Crippen LogP contribution is -2.40. The number of hydrogen-bond acceptors (Lipinski definition) is 6. The lowest BCUT2D eigenvalue weighted by Gasteiger charge is -2.23. The molecule has 6 nitrogen and oxygen atoms in total. The molecule has 100 valence electrons. The average molecular weight is 277 g/mol. The van der Waals surface area contributed by atoms with Crippen molar-refractivity contribution in [3.05, 3.63) is 10.9 Å². The van der Waals surface area contributed by atoms with E-state index < -0.39 is 0 Å². The molecule has 1 fully saturated rings. The first-order valence-corrected chi connectivity index (χ1v) is 6.97. The van der Waals surface area contributed by atoms with E-state index >= 15 is 0 Å². The first-order chi connectivity index (χ1) is 9.06. The van der Waals surface area contributed by atoms with E-state index in [1.807, 2.05) is 17.9 Å². The van der Waals surface area contributed by atoms with E-state index in [1.54, 1.807) is 11.3 Å². The molecule has 3 rings (SSSR count). The number of nitrogens with two attached hydrogens (primary N) is 2. The number of aromatic nitrogens is 2. The fourth-order valence-corrected chi connectivity index (χ4v) is 3.46. The highest BCUT2D eigenvalue weighted by molar-refractivity contribution is 7.18. The van der Waals surface area contributed by atoms with Crippen LogP contribution in [0.2, 0.25) is 0 Å². The Hall–Kier alpha value is -1.89.